The van der Waals surface area contributed by atoms with E-state index in [1.54, 1.807) is 31.7 Å². The summed E-state index contributed by atoms with van der Waals surface area (Å²) in [7, 11) is 1.60. The third-order valence-electron chi connectivity index (χ3n) is 3.25. The lowest BCUT2D eigenvalue weighted by Crippen LogP contribution is -2.17. The fraction of sp³-hybridized carbons (Fsp3) is 0.278. The Bertz CT molecular complexity index is 687. The summed E-state index contributed by atoms with van der Waals surface area (Å²) < 4.78 is 11.0. The molecule has 0 aliphatic rings. The van der Waals surface area contributed by atoms with E-state index in [4.69, 9.17) is 9.47 Å². The van der Waals surface area contributed by atoms with Crippen molar-refractivity contribution < 1.29 is 14.3 Å². The van der Waals surface area contributed by atoms with Crippen LogP contribution in [-0.4, -0.2) is 30.8 Å². The fourth-order valence-electron chi connectivity index (χ4n) is 1.94. The van der Waals surface area contributed by atoms with Crippen molar-refractivity contribution in [2.75, 3.05) is 13.7 Å². The second-order valence-corrected chi connectivity index (χ2v) is 5.05. The molecule has 126 valence electrons. The number of amides is 1. The molecule has 0 aliphatic heterocycles. The normalized spacial score (nSPS) is 10.6. The van der Waals surface area contributed by atoms with E-state index in [2.05, 4.69) is 22.4 Å². The highest BCUT2D eigenvalue weighted by atomic mass is 16.5. The van der Waals surface area contributed by atoms with Crippen molar-refractivity contribution in [3.05, 3.63) is 53.9 Å². The van der Waals surface area contributed by atoms with Crippen molar-refractivity contribution in [3.8, 4) is 11.5 Å². The van der Waals surface area contributed by atoms with Crippen LogP contribution in [0.25, 0.3) is 0 Å². The van der Waals surface area contributed by atoms with Gasteiger partial charge < -0.3 is 9.47 Å². The van der Waals surface area contributed by atoms with E-state index in [9.17, 15) is 4.79 Å². The van der Waals surface area contributed by atoms with E-state index >= 15 is 0 Å². The highest BCUT2D eigenvalue weighted by Gasteiger charge is 2.06. The van der Waals surface area contributed by atoms with Gasteiger partial charge in [-0.3, -0.25) is 9.78 Å². The molecule has 0 saturated carbocycles. The monoisotopic (exact) mass is 327 g/mol. The number of hydrogen-bond donors (Lipinski definition) is 1. The van der Waals surface area contributed by atoms with Crippen LogP contribution in [0.15, 0.2) is 47.8 Å². The van der Waals surface area contributed by atoms with Gasteiger partial charge in [0.15, 0.2) is 11.5 Å². The Morgan fingerprint density at radius 2 is 2.21 bits per heavy atom. The summed E-state index contributed by atoms with van der Waals surface area (Å²) >= 11 is 0. The number of methoxy groups -OCH3 is 1. The van der Waals surface area contributed by atoms with Crippen molar-refractivity contribution in [2.45, 2.75) is 19.8 Å². The molecule has 24 heavy (non-hydrogen) atoms. The summed E-state index contributed by atoms with van der Waals surface area (Å²) in [5.74, 6) is 1.02. The van der Waals surface area contributed by atoms with Crippen molar-refractivity contribution >= 4 is 12.1 Å². The van der Waals surface area contributed by atoms with Gasteiger partial charge in [0.25, 0.3) is 5.91 Å². The van der Waals surface area contributed by atoms with Crippen LogP contribution in [0.4, 0.5) is 0 Å². The summed E-state index contributed by atoms with van der Waals surface area (Å²) in [5, 5.41) is 3.96. The van der Waals surface area contributed by atoms with Gasteiger partial charge in [0.1, 0.15) is 0 Å². The number of hydrazone groups is 1. The lowest BCUT2D eigenvalue weighted by Gasteiger charge is -2.10. The van der Waals surface area contributed by atoms with Crippen LogP contribution in [0.5, 0.6) is 11.5 Å². The molecule has 6 nitrogen and oxygen atoms in total. The summed E-state index contributed by atoms with van der Waals surface area (Å²) in [6.07, 6.45) is 6.68. The van der Waals surface area contributed by atoms with Gasteiger partial charge in [-0.05, 0) is 42.3 Å². The molecule has 1 amide bonds. The predicted molar refractivity (Wildman–Crippen MR) is 92.7 cm³/mol. The van der Waals surface area contributed by atoms with E-state index < -0.39 is 0 Å². The summed E-state index contributed by atoms with van der Waals surface area (Å²) in [6, 6.07) is 8.85. The Balaban J connectivity index is 2.00. The fourth-order valence-corrected chi connectivity index (χ4v) is 1.94. The Labute approximate surface area is 141 Å². The Morgan fingerprint density at radius 1 is 1.33 bits per heavy atom. The highest BCUT2D eigenvalue weighted by molar-refractivity contribution is 5.94. The molecule has 0 aliphatic carbocycles. The number of carbonyl (C=O) groups excluding carboxylic acids is 1. The second kappa shape index (κ2) is 9.29. The second-order valence-electron chi connectivity index (χ2n) is 5.05. The zero-order valence-corrected chi connectivity index (χ0v) is 13.9. The number of aromatic nitrogens is 1. The van der Waals surface area contributed by atoms with E-state index in [-0.39, 0.29) is 5.91 Å². The average molecular weight is 327 g/mol. The number of nitrogens with zero attached hydrogens (tertiary/aromatic N) is 2. The summed E-state index contributed by atoms with van der Waals surface area (Å²) in [5.41, 5.74) is 3.72. The zero-order valence-electron chi connectivity index (χ0n) is 13.9. The lowest BCUT2D eigenvalue weighted by atomic mass is 10.2. The number of rotatable bonds is 8. The molecule has 2 aromatic rings. The van der Waals surface area contributed by atoms with Crippen molar-refractivity contribution in [1.82, 2.24) is 10.4 Å². The SMILES string of the molecule is CCCCOc1cc(/C=N\NC(=O)c2cccnc2)ccc1OC. The van der Waals surface area contributed by atoms with Gasteiger partial charge in [0.05, 0.1) is 25.5 Å². The van der Waals surface area contributed by atoms with Crippen molar-refractivity contribution in [1.29, 1.82) is 0 Å². The molecule has 2 rings (SSSR count). The van der Waals surface area contributed by atoms with Crippen LogP contribution < -0.4 is 14.9 Å². The first-order valence-corrected chi connectivity index (χ1v) is 7.79. The molecule has 0 spiro atoms. The summed E-state index contributed by atoms with van der Waals surface area (Å²) in [6.45, 7) is 2.74. The minimum Gasteiger partial charge on any atom is -0.493 e. The number of nitrogens with one attached hydrogen (secondary N) is 1. The van der Waals surface area contributed by atoms with Crippen LogP contribution in [-0.2, 0) is 0 Å². The molecule has 0 fully saturated rings. The number of pyridine rings is 1. The van der Waals surface area contributed by atoms with Gasteiger partial charge in [0.2, 0.25) is 0 Å². The first-order valence-electron chi connectivity index (χ1n) is 7.79. The third-order valence-corrected chi connectivity index (χ3v) is 3.25. The molecule has 1 heterocycles. The summed E-state index contributed by atoms with van der Waals surface area (Å²) in [4.78, 5) is 15.8. The van der Waals surface area contributed by atoms with Gasteiger partial charge in [-0.25, -0.2) is 5.43 Å². The Kier molecular flexibility index (Phi) is 6.76. The van der Waals surface area contributed by atoms with Crippen LogP contribution in [0.2, 0.25) is 0 Å². The molecule has 1 aromatic carbocycles. The first kappa shape index (κ1) is 17.5. The molecule has 0 atom stereocenters. The maximum Gasteiger partial charge on any atom is 0.272 e. The number of benzene rings is 1. The maximum atomic E-state index is 11.9. The molecular weight excluding hydrogens is 306 g/mol. The van der Waals surface area contributed by atoms with E-state index in [1.807, 2.05) is 18.2 Å². The topological polar surface area (TPSA) is 72.8 Å². The largest absolute Gasteiger partial charge is 0.493 e. The van der Waals surface area contributed by atoms with Crippen molar-refractivity contribution in [2.24, 2.45) is 5.10 Å². The highest BCUT2D eigenvalue weighted by Crippen LogP contribution is 2.27. The number of unbranched alkanes of at least 4 members (excludes halogenated alkanes) is 1. The van der Waals surface area contributed by atoms with E-state index in [1.165, 1.54) is 6.20 Å². The van der Waals surface area contributed by atoms with Gasteiger partial charge in [-0.1, -0.05) is 13.3 Å². The van der Waals surface area contributed by atoms with Gasteiger partial charge in [0, 0.05) is 12.4 Å². The minimum absolute atomic E-state index is 0.313. The van der Waals surface area contributed by atoms with Gasteiger partial charge in [-0.15, -0.1) is 0 Å². The van der Waals surface area contributed by atoms with Gasteiger partial charge >= 0.3 is 0 Å². The zero-order chi connectivity index (χ0) is 17.2. The van der Waals surface area contributed by atoms with E-state index in [0.29, 0.717) is 23.7 Å². The molecule has 0 unspecified atom stereocenters. The molecule has 0 radical (unpaired) electrons. The lowest BCUT2D eigenvalue weighted by molar-refractivity contribution is 0.0955. The van der Waals surface area contributed by atoms with Crippen LogP contribution in [0.3, 0.4) is 0 Å². The molecule has 1 aromatic heterocycles. The molecule has 1 N–H and O–H groups in total. The van der Waals surface area contributed by atoms with Crippen molar-refractivity contribution in [3.63, 3.8) is 0 Å². The molecule has 0 saturated heterocycles. The number of hydrogen-bond acceptors (Lipinski definition) is 5. The molecule has 0 bridgehead atoms. The van der Waals surface area contributed by atoms with Crippen LogP contribution in [0, 0.1) is 0 Å². The first-order chi connectivity index (χ1) is 11.7. The molecular formula is C18H21N3O3. The van der Waals surface area contributed by atoms with Crippen LogP contribution >= 0.6 is 0 Å². The smallest absolute Gasteiger partial charge is 0.272 e. The Morgan fingerprint density at radius 3 is 2.92 bits per heavy atom. The average Bonchev–Trinajstić information content (AvgIpc) is 2.63. The minimum atomic E-state index is -0.313. The quantitative estimate of drug-likeness (QED) is 0.459. The Hall–Kier alpha value is -2.89. The van der Waals surface area contributed by atoms with Crippen LogP contribution in [0.1, 0.15) is 35.7 Å². The number of ether oxygens (including phenoxy) is 2. The third kappa shape index (κ3) is 5.08. The number of carbonyl (C=O) groups is 1. The standard InChI is InChI=1S/C18H21N3O3/c1-3-4-10-24-17-11-14(7-8-16(17)23-2)12-20-21-18(22)15-6-5-9-19-13-15/h5-9,11-13H,3-4,10H2,1-2H3,(H,21,22)/b20-12-. The van der Waals surface area contributed by atoms with E-state index in [0.717, 1.165) is 18.4 Å². The molecule has 6 heteroatoms. The maximum absolute atomic E-state index is 11.9. The van der Waals surface area contributed by atoms with Gasteiger partial charge in [-0.2, -0.15) is 5.10 Å². The predicted octanol–water partition coefficient (Wildman–Crippen LogP) is 3.03.